The predicted octanol–water partition coefficient (Wildman–Crippen LogP) is 0.219. The fraction of sp³-hybridized carbons (Fsp3) is 0.857. The van der Waals surface area contributed by atoms with Crippen LogP contribution in [0.5, 0.6) is 0 Å². The zero-order chi connectivity index (χ0) is 9.14. The van der Waals surface area contributed by atoms with Crippen LogP contribution in [0.25, 0.3) is 0 Å². The third-order valence-electron chi connectivity index (χ3n) is 2.07. The van der Waals surface area contributed by atoms with Crippen LogP contribution in [-0.4, -0.2) is 38.4 Å². The van der Waals surface area contributed by atoms with E-state index in [4.69, 9.17) is 5.11 Å². The van der Waals surface area contributed by atoms with Gasteiger partial charge in [0.25, 0.3) is 0 Å². The second kappa shape index (κ2) is 4.00. The highest BCUT2D eigenvalue weighted by atomic mass is 32.2. The van der Waals surface area contributed by atoms with Crippen LogP contribution in [0.15, 0.2) is 0 Å². The number of carboxylic acids is 1. The molecule has 0 aromatic rings. The molecule has 0 aliphatic carbocycles. The van der Waals surface area contributed by atoms with Gasteiger partial charge < -0.3 is 5.11 Å². The number of carboxylic acid groups (broad SMARTS) is 1. The van der Waals surface area contributed by atoms with Gasteiger partial charge in [-0.05, 0) is 19.3 Å². The summed E-state index contributed by atoms with van der Waals surface area (Å²) in [5.41, 5.74) is 0. The molecule has 1 aliphatic heterocycles. The monoisotopic (exact) mass is 191 g/mol. The van der Waals surface area contributed by atoms with Crippen LogP contribution in [0.4, 0.5) is 0 Å². The van der Waals surface area contributed by atoms with Crippen LogP contribution >= 0.6 is 0 Å². The maximum absolute atomic E-state index is 11.1. The standard InChI is InChI=1S/C7H13NO3S/c1-12(11)8-5-3-2-4-6(8)7(9)10/h6H,2-5H2,1H3,(H,9,10). The van der Waals surface area contributed by atoms with Crippen molar-refractivity contribution < 1.29 is 14.1 Å². The van der Waals surface area contributed by atoms with E-state index in [0.717, 1.165) is 12.8 Å². The van der Waals surface area contributed by atoms with E-state index in [1.165, 1.54) is 6.26 Å². The van der Waals surface area contributed by atoms with Crippen molar-refractivity contribution in [3.63, 3.8) is 0 Å². The lowest BCUT2D eigenvalue weighted by Crippen LogP contribution is -2.45. The van der Waals surface area contributed by atoms with Crippen molar-refractivity contribution >= 4 is 17.0 Å². The van der Waals surface area contributed by atoms with Crippen molar-refractivity contribution in [2.75, 3.05) is 12.8 Å². The summed E-state index contributed by atoms with van der Waals surface area (Å²) in [7, 11) is -1.15. The summed E-state index contributed by atoms with van der Waals surface area (Å²) in [4.78, 5) is 10.7. The minimum absolute atomic E-state index is 0.537. The molecule has 0 amide bonds. The maximum Gasteiger partial charge on any atom is 0.321 e. The van der Waals surface area contributed by atoms with Crippen molar-refractivity contribution in [1.29, 1.82) is 0 Å². The van der Waals surface area contributed by atoms with Crippen LogP contribution in [0.2, 0.25) is 0 Å². The topological polar surface area (TPSA) is 57.6 Å². The van der Waals surface area contributed by atoms with Gasteiger partial charge >= 0.3 is 5.97 Å². The first kappa shape index (κ1) is 9.67. The van der Waals surface area contributed by atoms with E-state index in [1.54, 1.807) is 4.31 Å². The number of carbonyl (C=O) groups is 1. The molecule has 1 heterocycles. The van der Waals surface area contributed by atoms with Crippen LogP contribution in [-0.2, 0) is 15.8 Å². The van der Waals surface area contributed by atoms with Gasteiger partial charge in [0.1, 0.15) is 6.04 Å². The summed E-state index contributed by atoms with van der Waals surface area (Å²) in [6.45, 7) is 0.639. The Labute approximate surface area is 74.1 Å². The van der Waals surface area contributed by atoms with Gasteiger partial charge in [0.2, 0.25) is 0 Å². The molecule has 1 saturated heterocycles. The number of piperidine rings is 1. The largest absolute Gasteiger partial charge is 0.480 e. The molecular weight excluding hydrogens is 178 g/mol. The predicted molar refractivity (Wildman–Crippen MR) is 46.0 cm³/mol. The van der Waals surface area contributed by atoms with E-state index >= 15 is 0 Å². The molecule has 0 aromatic heterocycles. The van der Waals surface area contributed by atoms with Gasteiger partial charge in [-0.25, -0.2) is 8.51 Å². The summed E-state index contributed by atoms with van der Waals surface area (Å²) < 4.78 is 12.6. The van der Waals surface area contributed by atoms with E-state index in [9.17, 15) is 9.00 Å². The summed E-state index contributed by atoms with van der Waals surface area (Å²) in [6, 6.07) is -0.537. The number of hydrogen-bond donors (Lipinski definition) is 1. The van der Waals surface area contributed by atoms with Gasteiger partial charge in [0.15, 0.2) is 0 Å². The average molecular weight is 191 g/mol. The molecule has 0 spiro atoms. The molecule has 12 heavy (non-hydrogen) atoms. The zero-order valence-corrected chi connectivity index (χ0v) is 7.84. The Morgan fingerprint density at radius 2 is 2.25 bits per heavy atom. The van der Waals surface area contributed by atoms with Crippen molar-refractivity contribution in [3.05, 3.63) is 0 Å². The van der Waals surface area contributed by atoms with Gasteiger partial charge in [-0.3, -0.25) is 4.79 Å². The van der Waals surface area contributed by atoms with E-state index in [2.05, 4.69) is 0 Å². The summed E-state index contributed by atoms with van der Waals surface area (Å²) in [5.74, 6) is -0.857. The summed E-state index contributed by atoms with van der Waals surface area (Å²) in [6.07, 6.45) is 4.02. The molecule has 2 atom stereocenters. The van der Waals surface area contributed by atoms with Crippen molar-refractivity contribution in [2.24, 2.45) is 0 Å². The molecule has 1 aliphatic rings. The van der Waals surface area contributed by atoms with Gasteiger partial charge in [0.05, 0.1) is 11.0 Å². The number of rotatable bonds is 2. The minimum Gasteiger partial charge on any atom is -0.480 e. The Balaban J connectivity index is 2.67. The zero-order valence-electron chi connectivity index (χ0n) is 7.02. The molecule has 0 aromatic carbocycles. The maximum atomic E-state index is 11.1. The van der Waals surface area contributed by atoms with E-state index in [-0.39, 0.29) is 0 Å². The van der Waals surface area contributed by atoms with Crippen LogP contribution < -0.4 is 0 Å². The SMILES string of the molecule is CS(=O)N1CCCCC1C(=O)O. The fourth-order valence-electron chi connectivity index (χ4n) is 1.46. The van der Waals surface area contributed by atoms with E-state index in [1.807, 2.05) is 0 Å². The van der Waals surface area contributed by atoms with Gasteiger partial charge in [-0.2, -0.15) is 0 Å². The van der Waals surface area contributed by atoms with Gasteiger partial charge in [-0.1, -0.05) is 0 Å². The molecule has 1 fully saturated rings. The van der Waals surface area contributed by atoms with E-state index < -0.39 is 23.0 Å². The highest BCUT2D eigenvalue weighted by Gasteiger charge is 2.30. The number of aliphatic carboxylic acids is 1. The summed E-state index contributed by atoms with van der Waals surface area (Å²) in [5, 5.41) is 8.78. The van der Waals surface area contributed by atoms with Crippen LogP contribution in [0.1, 0.15) is 19.3 Å². The first-order chi connectivity index (χ1) is 5.63. The first-order valence-corrected chi connectivity index (χ1v) is 5.47. The second-order valence-electron chi connectivity index (χ2n) is 2.91. The highest BCUT2D eigenvalue weighted by molar-refractivity contribution is 7.81. The Hall–Kier alpha value is -0.420. The number of nitrogens with zero attached hydrogens (tertiary/aromatic N) is 1. The summed E-state index contributed by atoms with van der Waals surface area (Å²) >= 11 is 0. The van der Waals surface area contributed by atoms with Crippen molar-refractivity contribution in [3.8, 4) is 0 Å². The van der Waals surface area contributed by atoms with Crippen molar-refractivity contribution in [2.45, 2.75) is 25.3 Å². The molecule has 0 saturated carbocycles. The number of hydrogen-bond acceptors (Lipinski definition) is 2. The Morgan fingerprint density at radius 1 is 1.58 bits per heavy atom. The molecule has 0 radical (unpaired) electrons. The molecule has 1 rings (SSSR count). The smallest absolute Gasteiger partial charge is 0.321 e. The minimum atomic E-state index is -1.15. The molecule has 0 bridgehead atoms. The molecular formula is C7H13NO3S. The highest BCUT2D eigenvalue weighted by Crippen LogP contribution is 2.17. The van der Waals surface area contributed by atoms with Crippen LogP contribution in [0, 0.1) is 0 Å². The molecule has 70 valence electrons. The lowest BCUT2D eigenvalue weighted by molar-refractivity contribution is -0.142. The third-order valence-corrected chi connectivity index (χ3v) is 3.17. The van der Waals surface area contributed by atoms with E-state index in [0.29, 0.717) is 13.0 Å². The quantitative estimate of drug-likeness (QED) is 0.679. The third kappa shape index (κ3) is 2.04. The lowest BCUT2D eigenvalue weighted by Gasteiger charge is -2.30. The Bertz CT molecular complexity index is 185. The van der Waals surface area contributed by atoms with Gasteiger partial charge in [0, 0.05) is 12.8 Å². The molecule has 5 heteroatoms. The lowest BCUT2D eigenvalue weighted by atomic mass is 10.1. The molecule has 2 unspecified atom stereocenters. The average Bonchev–Trinajstić information content (AvgIpc) is 2.04. The molecule has 4 nitrogen and oxygen atoms in total. The second-order valence-corrected chi connectivity index (χ2v) is 4.23. The van der Waals surface area contributed by atoms with Gasteiger partial charge in [-0.15, -0.1) is 0 Å². The normalized spacial score (nSPS) is 28.2. The van der Waals surface area contributed by atoms with Crippen molar-refractivity contribution in [1.82, 2.24) is 4.31 Å². The Kier molecular flexibility index (Phi) is 3.22. The first-order valence-electron chi connectivity index (χ1n) is 3.96. The molecule has 1 N–H and O–H groups in total. The van der Waals surface area contributed by atoms with Crippen LogP contribution in [0.3, 0.4) is 0 Å². The Morgan fingerprint density at radius 3 is 2.67 bits per heavy atom. The fourth-order valence-corrected chi connectivity index (χ4v) is 2.40.